The van der Waals surface area contributed by atoms with Crippen LogP contribution in [0.4, 0.5) is 0 Å². The first-order valence-electron chi connectivity index (χ1n) is 5.94. The van der Waals surface area contributed by atoms with Gasteiger partial charge in [0, 0.05) is 0 Å². The summed E-state index contributed by atoms with van der Waals surface area (Å²) in [5.74, 6) is 1.86. The van der Waals surface area contributed by atoms with E-state index in [0.29, 0.717) is 0 Å². The van der Waals surface area contributed by atoms with Gasteiger partial charge in [0.15, 0.2) is 0 Å². The second-order valence-corrected chi connectivity index (χ2v) is 6.98. The zero-order valence-electron chi connectivity index (χ0n) is 10.7. The van der Waals surface area contributed by atoms with Gasteiger partial charge < -0.3 is 0 Å². The minimum absolute atomic E-state index is 0.755. The molecule has 0 heterocycles. The van der Waals surface area contributed by atoms with Crippen LogP contribution < -0.4 is 0 Å². The third-order valence-corrected chi connectivity index (χ3v) is 4.93. The van der Waals surface area contributed by atoms with Gasteiger partial charge in [-0.15, -0.1) is 10.6 Å². The van der Waals surface area contributed by atoms with Gasteiger partial charge in [-0.05, 0) is 0 Å². The van der Waals surface area contributed by atoms with Crippen molar-refractivity contribution in [2.75, 3.05) is 0 Å². The number of hydrogen-bond donors (Lipinski definition) is 0. The van der Waals surface area contributed by atoms with Crippen molar-refractivity contribution in [3.63, 3.8) is 0 Å². The minimum atomic E-state index is 0.755. The zero-order valence-corrected chi connectivity index (χ0v) is 13.5. The summed E-state index contributed by atoms with van der Waals surface area (Å²) in [4.78, 5) is 0. The molecule has 0 aliphatic carbocycles. The molecule has 0 N–H and O–H groups in total. The zero-order chi connectivity index (χ0) is 11.4. The SMILES string of the molecule is CC(C)[CH2][Al][CH2]C(C)C.CCCC[Se]. The van der Waals surface area contributed by atoms with E-state index in [9.17, 15) is 0 Å². The molecule has 0 spiro atoms. The van der Waals surface area contributed by atoms with Gasteiger partial charge in [0.25, 0.3) is 0 Å². The molecule has 0 aromatic rings. The van der Waals surface area contributed by atoms with E-state index in [-0.39, 0.29) is 0 Å². The molecule has 0 unspecified atom stereocenters. The van der Waals surface area contributed by atoms with Crippen molar-refractivity contribution in [3.8, 4) is 0 Å². The fourth-order valence-electron chi connectivity index (χ4n) is 0.907. The van der Waals surface area contributed by atoms with E-state index in [2.05, 4.69) is 50.6 Å². The van der Waals surface area contributed by atoms with Gasteiger partial charge in [0.1, 0.15) is 0 Å². The summed E-state index contributed by atoms with van der Waals surface area (Å²) in [6.07, 6.45) is 2.65. The van der Waals surface area contributed by atoms with E-state index in [0.717, 1.165) is 27.1 Å². The maximum atomic E-state index is 2.94. The first-order chi connectivity index (χ1) is 6.54. The second kappa shape index (κ2) is 14.1. The molecule has 0 atom stereocenters. The molecule has 0 saturated carbocycles. The fourth-order valence-corrected chi connectivity index (χ4v) is 3.04. The summed E-state index contributed by atoms with van der Waals surface area (Å²) in [5.41, 5.74) is 0. The summed E-state index contributed by atoms with van der Waals surface area (Å²) < 4.78 is 0. The van der Waals surface area contributed by atoms with Crippen molar-refractivity contribution in [3.05, 3.63) is 0 Å². The first-order valence-corrected chi connectivity index (χ1v) is 8.78. The van der Waals surface area contributed by atoms with Crippen LogP contribution in [0.1, 0.15) is 47.5 Å². The Morgan fingerprint density at radius 2 is 1.43 bits per heavy atom. The summed E-state index contributed by atoms with van der Waals surface area (Å²) in [6.45, 7) is 11.4. The van der Waals surface area contributed by atoms with Crippen LogP contribution in [0.5, 0.6) is 0 Å². The molecule has 0 aromatic heterocycles. The van der Waals surface area contributed by atoms with E-state index in [1.165, 1.54) is 28.7 Å². The van der Waals surface area contributed by atoms with Gasteiger partial charge in [-0.2, -0.15) is 0 Å². The molecule has 84 valence electrons. The number of rotatable bonds is 6. The quantitative estimate of drug-likeness (QED) is 0.638. The van der Waals surface area contributed by atoms with Gasteiger partial charge in [-0.3, -0.25) is 0 Å². The van der Waals surface area contributed by atoms with E-state index in [4.69, 9.17) is 0 Å². The van der Waals surface area contributed by atoms with E-state index < -0.39 is 0 Å². The molecule has 0 aliphatic heterocycles. The normalized spacial score (nSPS) is 10.0. The molecule has 0 aromatic carbocycles. The van der Waals surface area contributed by atoms with Crippen LogP contribution in [0.3, 0.4) is 0 Å². The van der Waals surface area contributed by atoms with Crippen molar-refractivity contribution in [2.24, 2.45) is 11.8 Å². The Bertz CT molecular complexity index is 82.3. The van der Waals surface area contributed by atoms with Crippen LogP contribution in [-0.2, 0) is 0 Å². The van der Waals surface area contributed by atoms with Gasteiger partial charge in [0.05, 0.1) is 0 Å². The van der Waals surface area contributed by atoms with E-state index in [1.54, 1.807) is 0 Å². The monoisotopic (exact) mass is 278 g/mol. The Hall–Kier alpha value is 1.05. The van der Waals surface area contributed by atoms with Gasteiger partial charge in [-0.25, -0.2) is 0 Å². The summed E-state index contributed by atoms with van der Waals surface area (Å²) in [5, 5.41) is 4.19. The molecule has 2 radical (unpaired) electrons. The molecular formula is C12H27AlSe. The van der Waals surface area contributed by atoms with Crippen LogP contribution in [0.25, 0.3) is 0 Å². The van der Waals surface area contributed by atoms with Gasteiger partial charge in [0.2, 0.25) is 15.2 Å². The number of hydrogen-bond acceptors (Lipinski definition) is 0. The molecular weight excluding hydrogens is 250 g/mol. The van der Waals surface area contributed by atoms with Gasteiger partial charge >= 0.3 is 41.1 Å². The Morgan fingerprint density at radius 3 is 1.57 bits per heavy atom. The average molecular weight is 277 g/mol. The van der Waals surface area contributed by atoms with Crippen molar-refractivity contribution >= 4 is 31.2 Å². The van der Waals surface area contributed by atoms with Crippen molar-refractivity contribution in [2.45, 2.75) is 63.3 Å². The van der Waals surface area contributed by atoms with Crippen molar-refractivity contribution in [1.29, 1.82) is 0 Å². The molecule has 0 fully saturated rings. The third kappa shape index (κ3) is 23.1. The van der Waals surface area contributed by atoms with E-state index in [1.807, 2.05) is 0 Å². The molecule has 2 heteroatoms. The standard InChI is InChI=1S/C4H9Se.2C4H9.Al/c1-2-3-4-5;2*1-4(2)3;/h2-4H2,1H3;2*4H,1H2,2-3H3;. The van der Waals surface area contributed by atoms with Crippen LogP contribution in [-0.4, -0.2) is 31.2 Å². The molecule has 0 saturated heterocycles. The predicted octanol–water partition coefficient (Wildman–Crippen LogP) is 4.21. The van der Waals surface area contributed by atoms with Crippen LogP contribution in [0.2, 0.25) is 15.9 Å². The van der Waals surface area contributed by atoms with Crippen molar-refractivity contribution in [1.82, 2.24) is 0 Å². The summed E-state index contributed by atoms with van der Waals surface area (Å²) in [7, 11) is 0. The fraction of sp³-hybridized carbons (Fsp3) is 1.00. The molecule has 0 rings (SSSR count). The third-order valence-electron chi connectivity index (χ3n) is 1.77. The molecule has 0 bridgehead atoms. The van der Waals surface area contributed by atoms with Gasteiger partial charge in [-0.1, -0.05) is 39.5 Å². The Labute approximate surface area is 106 Å². The van der Waals surface area contributed by atoms with Crippen LogP contribution >= 0.6 is 0 Å². The van der Waals surface area contributed by atoms with Crippen LogP contribution in [0, 0.1) is 11.8 Å². The molecule has 14 heavy (non-hydrogen) atoms. The Kier molecular flexibility index (Phi) is 17.5. The second-order valence-electron chi connectivity index (χ2n) is 4.61. The molecule has 0 nitrogen and oxygen atoms in total. The maximum absolute atomic E-state index is 2.94. The molecule has 0 aliphatic rings. The number of unbranched alkanes of at least 4 members (excludes halogenated alkanes) is 1. The Balaban J connectivity index is 0. The summed E-state index contributed by atoms with van der Waals surface area (Å²) >= 11 is 3.70. The summed E-state index contributed by atoms with van der Waals surface area (Å²) in [6, 6.07) is 0. The topological polar surface area (TPSA) is 0 Å². The first kappa shape index (κ1) is 17.4. The predicted molar refractivity (Wildman–Crippen MR) is 70.5 cm³/mol. The van der Waals surface area contributed by atoms with Crippen LogP contribution in [0.15, 0.2) is 0 Å². The van der Waals surface area contributed by atoms with E-state index >= 15 is 0 Å². The Morgan fingerprint density at radius 1 is 1.00 bits per heavy atom. The van der Waals surface area contributed by atoms with Crippen molar-refractivity contribution < 1.29 is 0 Å². The molecule has 0 amide bonds. The average Bonchev–Trinajstić information content (AvgIpc) is 2.05.